The molecule has 0 unspecified atom stereocenters. The second-order valence-electron chi connectivity index (χ2n) is 16.2. The molecule has 320 valence electrons. The van der Waals surface area contributed by atoms with E-state index in [1.807, 2.05) is 103 Å². The molecule has 0 aromatic heterocycles. The summed E-state index contributed by atoms with van der Waals surface area (Å²) in [5.41, 5.74) is 8.57. The Kier molecular flexibility index (Phi) is 11.5. The lowest BCUT2D eigenvalue weighted by atomic mass is 10.1. The fourth-order valence-electron chi connectivity index (χ4n) is 8.82. The van der Waals surface area contributed by atoms with Crippen LogP contribution in [-0.2, 0) is 30.8 Å². The van der Waals surface area contributed by atoms with Crippen LogP contribution in [-0.4, -0.2) is 69.9 Å². The van der Waals surface area contributed by atoms with Crippen molar-refractivity contribution in [2.75, 3.05) is 42.5 Å². The van der Waals surface area contributed by atoms with E-state index in [4.69, 9.17) is 28.9 Å². The quantitative estimate of drug-likeness (QED) is 0.0957. The first kappa shape index (κ1) is 41.2. The van der Waals surface area contributed by atoms with Crippen molar-refractivity contribution in [1.82, 2.24) is 0 Å². The number of ether oxygens (including phenoxy) is 4. The molecule has 4 aliphatic rings. The second kappa shape index (κ2) is 17.6. The van der Waals surface area contributed by atoms with E-state index < -0.39 is 0 Å². The number of aliphatic imine (C=N–C) groups is 2. The van der Waals surface area contributed by atoms with Gasteiger partial charge in [-0.2, -0.15) is 0 Å². The van der Waals surface area contributed by atoms with Gasteiger partial charge in [-0.1, -0.05) is 48.6 Å². The number of para-hydroxylation sites is 2. The summed E-state index contributed by atoms with van der Waals surface area (Å²) < 4.78 is 24.5. The van der Waals surface area contributed by atoms with Crippen molar-refractivity contribution in [2.24, 2.45) is 9.98 Å². The normalized spacial score (nSPS) is 16.7. The topological polar surface area (TPSA) is 123 Å². The van der Waals surface area contributed by atoms with Crippen molar-refractivity contribution in [3.8, 4) is 23.0 Å². The number of anilines is 3. The van der Waals surface area contributed by atoms with Crippen molar-refractivity contribution >= 4 is 58.5 Å². The third-order valence-corrected chi connectivity index (χ3v) is 12.1. The van der Waals surface area contributed by atoms with Crippen LogP contribution in [0.25, 0.3) is 0 Å². The van der Waals surface area contributed by atoms with Gasteiger partial charge >= 0.3 is 0 Å². The maximum Gasteiger partial charge on any atom is 0.261 e. The van der Waals surface area contributed by atoms with Crippen molar-refractivity contribution in [2.45, 2.75) is 64.3 Å². The molecule has 4 heterocycles. The molecule has 0 spiro atoms. The first-order valence-electron chi connectivity index (χ1n) is 21.3. The summed E-state index contributed by atoms with van der Waals surface area (Å²) in [6, 6.07) is 28.6. The van der Waals surface area contributed by atoms with Crippen LogP contribution >= 0.6 is 0 Å². The Balaban J connectivity index is 0.969. The van der Waals surface area contributed by atoms with Gasteiger partial charge in [0.1, 0.15) is 19.0 Å². The minimum absolute atomic E-state index is 0.137. The summed E-state index contributed by atoms with van der Waals surface area (Å²) in [6.45, 7) is 2.92. The number of methoxy groups -OCH3 is 2. The van der Waals surface area contributed by atoms with Gasteiger partial charge < -0.3 is 23.8 Å². The van der Waals surface area contributed by atoms with Gasteiger partial charge in [0.05, 0.1) is 48.8 Å². The number of benzene rings is 5. The molecule has 0 fully saturated rings. The summed E-state index contributed by atoms with van der Waals surface area (Å²) in [6.07, 6.45) is 10.5. The molecule has 4 aliphatic heterocycles. The zero-order valence-electron chi connectivity index (χ0n) is 35.9. The van der Waals surface area contributed by atoms with E-state index in [2.05, 4.69) is 17.0 Å². The average Bonchev–Trinajstić information content (AvgIpc) is 3.80. The molecule has 0 bridgehead atoms. The second-order valence-corrected chi connectivity index (χ2v) is 16.2. The van der Waals surface area contributed by atoms with E-state index in [-0.39, 0.29) is 42.9 Å². The highest BCUT2D eigenvalue weighted by molar-refractivity contribution is 6.15. The van der Waals surface area contributed by atoms with Crippen LogP contribution in [0, 0.1) is 0 Å². The van der Waals surface area contributed by atoms with Gasteiger partial charge in [-0.3, -0.25) is 34.2 Å². The molecule has 5 aromatic carbocycles. The largest absolute Gasteiger partial charge is 0.493 e. The first-order chi connectivity index (χ1) is 30.7. The number of fused-ring (bicyclic) bond motifs is 8. The van der Waals surface area contributed by atoms with E-state index >= 15 is 0 Å². The lowest BCUT2D eigenvalue weighted by Gasteiger charge is -2.23. The summed E-state index contributed by atoms with van der Waals surface area (Å²) in [4.78, 5) is 55.7. The van der Waals surface area contributed by atoms with Gasteiger partial charge in [0, 0.05) is 80.9 Å². The van der Waals surface area contributed by atoms with Crippen LogP contribution in [0.5, 0.6) is 23.0 Å². The van der Waals surface area contributed by atoms with Gasteiger partial charge in [-0.15, -0.1) is 0 Å². The van der Waals surface area contributed by atoms with E-state index in [1.165, 1.54) is 0 Å². The molecule has 2 amide bonds. The van der Waals surface area contributed by atoms with Crippen molar-refractivity contribution in [3.63, 3.8) is 0 Å². The zero-order chi connectivity index (χ0) is 43.6. The molecule has 5 aromatic rings. The highest BCUT2D eigenvalue weighted by Gasteiger charge is 2.38. The average molecular weight is 844 g/mol. The van der Waals surface area contributed by atoms with E-state index in [1.54, 1.807) is 38.5 Å². The number of Topliss-reactive ketones (excluding diaryl/α,β-unsaturated/α-hetero) is 1. The van der Waals surface area contributed by atoms with E-state index in [0.29, 0.717) is 84.1 Å². The van der Waals surface area contributed by atoms with Gasteiger partial charge in [0.15, 0.2) is 23.0 Å². The van der Waals surface area contributed by atoms with Crippen LogP contribution in [0.15, 0.2) is 113 Å². The smallest absolute Gasteiger partial charge is 0.261 e. The Labute approximate surface area is 367 Å². The number of amides is 2. The van der Waals surface area contributed by atoms with Crippen LogP contribution in [0.1, 0.15) is 69.2 Å². The third-order valence-electron chi connectivity index (χ3n) is 12.1. The summed E-state index contributed by atoms with van der Waals surface area (Å²) in [5.74, 6) is 1.67. The molecule has 0 saturated carbocycles. The van der Waals surface area contributed by atoms with Gasteiger partial charge in [0.2, 0.25) is 0 Å². The lowest BCUT2D eigenvalue weighted by molar-refractivity contribution is -0.118. The SMILES string of the molecule is C/C=C\CC(=O)CCCN(C)c1cc(COc2cc3c(cc2OC)C(=O)N2c4ccccc4C[C@H]2C=N3)cc(COc2cc3c(cc2OC)C(=O)N2c4ccccc4C[C@H]2C=N3)c1. The summed E-state index contributed by atoms with van der Waals surface area (Å²) in [7, 11) is 5.12. The Morgan fingerprint density at radius 1 is 0.714 bits per heavy atom. The first-order valence-corrected chi connectivity index (χ1v) is 21.3. The van der Waals surface area contributed by atoms with Crippen LogP contribution in [0.3, 0.4) is 0 Å². The number of ketones is 1. The molecular formula is C51H49N5O7. The van der Waals surface area contributed by atoms with Crippen molar-refractivity contribution in [1.29, 1.82) is 0 Å². The predicted molar refractivity (Wildman–Crippen MR) is 246 cm³/mol. The molecule has 12 nitrogen and oxygen atoms in total. The Morgan fingerprint density at radius 3 is 1.71 bits per heavy atom. The van der Waals surface area contributed by atoms with E-state index in [9.17, 15) is 14.4 Å². The Morgan fingerprint density at radius 2 is 1.22 bits per heavy atom. The maximum absolute atomic E-state index is 14.0. The molecular weight excluding hydrogens is 795 g/mol. The van der Waals surface area contributed by atoms with Crippen LogP contribution in [0.2, 0.25) is 0 Å². The summed E-state index contributed by atoms with van der Waals surface area (Å²) >= 11 is 0. The fourth-order valence-corrected chi connectivity index (χ4v) is 8.82. The summed E-state index contributed by atoms with van der Waals surface area (Å²) in [5, 5.41) is 0. The zero-order valence-corrected chi connectivity index (χ0v) is 35.9. The number of carbonyl (C=O) groups is 3. The number of nitrogens with zero attached hydrogens (tertiary/aromatic N) is 5. The maximum atomic E-state index is 14.0. The number of rotatable bonds is 15. The number of hydrogen-bond acceptors (Lipinski definition) is 10. The minimum atomic E-state index is -0.179. The molecule has 0 aliphatic carbocycles. The van der Waals surface area contributed by atoms with Gasteiger partial charge in [-0.25, -0.2) is 0 Å². The fraction of sp³-hybridized carbons (Fsp3) is 0.275. The molecule has 0 radical (unpaired) electrons. The molecule has 2 atom stereocenters. The highest BCUT2D eigenvalue weighted by Crippen LogP contribution is 2.43. The predicted octanol–water partition coefficient (Wildman–Crippen LogP) is 9.19. The van der Waals surface area contributed by atoms with E-state index in [0.717, 1.165) is 39.3 Å². The molecule has 63 heavy (non-hydrogen) atoms. The molecule has 0 saturated heterocycles. The van der Waals surface area contributed by atoms with Crippen LogP contribution in [0.4, 0.5) is 28.4 Å². The van der Waals surface area contributed by atoms with Crippen molar-refractivity contribution < 1.29 is 33.3 Å². The highest BCUT2D eigenvalue weighted by atomic mass is 16.5. The molecule has 12 heteroatoms. The Bertz CT molecular complexity index is 2550. The third kappa shape index (κ3) is 8.16. The minimum Gasteiger partial charge on any atom is -0.493 e. The lowest BCUT2D eigenvalue weighted by Crippen LogP contribution is -2.37. The van der Waals surface area contributed by atoms with Gasteiger partial charge in [-0.05, 0) is 78.1 Å². The number of allylic oxidation sites excluding steroid dienone is 2. The molecule has 9 rings (SSSR count). The standard InChI is InChI=1S/C51H49N5O7/c1-5-6-14-39(57)15-11-18-54(2)36-20-32(30-62-48-26-42-40(24-46(48)60-3)50(58)55-37(28-52-42)22-34-12-7-9-16-44(34)55)19-33(21-36)31-63-49-27-43-41(25-47(49)61-4)51(59)56-38(29-53-43)23-35-13-8-10-17-45(35)56/h5-10,12-13,16-17,19-21,24-29,37-38H,11,14-15,18,22-23,30-31H2,1-4H3/b6-5-/t37-,38-/m0/s1. The van der Waals surface area contributed by atoms with Crippen molar-refractivity contribution in [3.05, 3.63) is 137 Å². The number of carbonyl (C=O) groups excluding carboxylic acids is 3. The monoisotopic (exact) mass is 843 g/mol. The van der Waals surface area contributed by atoms with Crippen LogP contribution < -0.4 is 33.6 Å². The Hall–Kier alpha value is -7.21. The van der Waals surface area contributed by atoms with Gasteiger partial charge in [0.25, 0.3) is 11.8 Å². The number of hydrogen-bond donors (Lipinski definition) is 0. The molecule has 0 N–H and O–H groups in total.